The molecule has 374 valence electrons. The molecule has 6 nitrogen and oxygen atoms in total. The van der Waals surface area contributed by atoms with E-state index in [0.717, 1.165) is 154 Å². The number of rotatable bonds is 47. The number of ether oxygens (including phenoxy) is 3. The summed E-state index contributed by atoms with van der Waals surface area (Å²) in [6.45, 7) is 6.39. The van der Waals surface area contributed by atoms with Crippen LogP contribution in [0, 0.1) is 0 Å². The van der Waals surface area contributed by atoms with Gasteiger partial charge in [0.25, 0.3) is 0 Å². The molecule has 0 aromatic heterocycles. The summed E-state index contributed by atoms with van der Waals surface area (Å²) in [6, 6.07) is 0. The normalized spacial score (nSPS) is 13.0. The van der Waals surface area contributed by atoms with Gasteiger partial charge >= 0.3 is 17.9 Å². The zero-order valence-corrected chi connectivity index (χ0v) is 42.7. The van der Waals surface area contributed by atoms with E-state index in [2.05, 4.69) is 130 Å². The van der Waals surface area contributed by atoms with E-state index in [1.165, 1.54) is 38.5 Å². The van der Waals surface area contributed by atoms with Crippen LogP contribution in [0.3, 0.4) is 0 Å². The molecule has 0 fully saturated rings. The predicted octanol–water partition coefficient (Wildman–Crippen LogP) is 17.9. The summed E-state index contributed by atoms with van der Waals surface area (Å²) >= 11 is 0. The highest BCUT2D eigenvalue weighted by Gasteiger charge is 2.19. The van der Waals surface area contributed by atoms with Crippen molar-refractivity contribution in [2.75, 3.05) is 13.2 Å². The smallest absolute Gasteiger partial charge is 0.306 e. The Morgan fingerprint density at radius 1 is 0.318 bits per heavy atom. The summed E-state index contributed by atoms with van der Waals surface area (Å²) in [5.74, 6) is -0.934. The molecule has 0 aliphatic heterocycles. The Kier molecular flexibility index (Phi) is 50.5. The first kappa shape index (κ1) is 62.1. The van der Waals surface area contributed by atoms with Gasteiger partial charge in [0, 0.05) is 19.3 Å². The molecule has 0 bridgehead atoms. The van der Waals surface area contributed by atoms with Crippen LogP contribution in [-0.4, -0.2) is 37.2 Å². The van der Waals surface area contributed by atoms with Crippen molar-refractivity contribution in [2.24, 2.45) is 0 Å². The number of hydrogen-bond donors (Lipinski definition) is 0. The van der Waals surface area contributed by atoms with Crippen LogP contribution < -0.4 is 0 Å². The lowest BCUT2D eigenvalue weighted by Crippen LogP contribution is -2.30. The van der Waals surface area contributed by atoms with Gasteiger partial charge < -0.3 is 14.2 Å². The van der Waals surface area contributed by atoms with Crippen molar-refractivity contribution in [2.45, 2.75) is 239 Å². The third-order valence-electron chi connectivity index (χ3n) is 11.0. The van der Waals surface area contributed by atoms with E-state index in [4.69, 9.17) is 14.2 Å². The number of carbonyl (C=O) groups is 3. The minimum absolute atomic E-state index is 0.0907. The van der Waals surface area contributed by atoms with Gasteiger partial charge in [-0.05, 0) is 103 Å². The van der Waals surface area contributed by atoms with E-state index in [9.17, 15) is 14.4 Å². The van der Waals surface area contributed by atoms with Gasteiger partial charge in [-0.25, -0.2) is 0 Å². The molecule has 6 heteroatoms. The Hall–Kier alpha value is -3.93. The Morgan fingerprint density at radius 2 is 0.621 bits per heavy atom. The molecule has 0 spiro atoms. The van der Waals surface area contributed by atoms with E-state index < -0.39 is 6.10 Å². The quantitative estimate of drug-likeness (QED) is 0.0262. The van der Waals surface area contributed by atoms with Crippen LogP contribution in [0.15, 0.2) is 109 Å². The van der Waals surface area contributed by atoms with Crippen molar-refractivity contribution < 1.29 is 28.6 Å². The summed E-state index contributed by atoms with van der Waals surface area (Å²) in [5, 5.41) is 0. The van der Waals surface area contributed by atoms with Gasteiger partial charge in [-0.3, -0.25) is 14.4 Å². The molecule has 0 aromatic rings. The summed E-state index contributed by atoms with van der Waals surface area (Å²) < 4.78 is 16.7. The van der Waals surface area contributed by atoms with Crippen LogP contribution in [0.1, 0.15) is 233 Å². The highest BCUT2D eigenvalue weighted by atomic mass is 16.6. The van der Waals surface area contributed by atoms with Crippen molar-refractivity contribution >= 4 is 17.9 Å². The molecule has 0 aliphatic rings. The third kappa shape index (κ3) is 51.1. The molecular weight excluding hydrogens is 817 g/mol. The van der Waals surface area contributed by atoms with Crippen molar-refractivity contribution in [3.05, 3.63) is 109 Å². The average Bonchev–Trinajstić information content (AvgIpc) is 3.31. The van der Waals surface area contributed by atoms with Gasteiger partial charge in [0.1, 0.15) is 13.2 Å². The molecule has 1 unspecified atom stereocenters. The lowest BCUT2D eigenvalue weighted by atomic mass is 10.1. The van der Waals surface area contributed by atoms with Crippen molar-refractivity contribution in [1.29, 1.82) is 0 Å². The molecule has 0 saturated carbocycles. The monoisotopic (exact) mass is 915 g/mol. The van der Waals surface area contributed by atoms with Crippen molar-refractivity contribution in [3.63, 3.8) is 0 Å². The highest BCUT2D eigenvalue weighted by molar-refractivity contribution is 5.71. The maximum Gasteiger partial charge on any atom is 0.306 e. The summed E-state index contributed by atoms with van der Waals surface area (Å²) in [7, 11) is 0. The molecule has 0 N–H and O–H groups in total. The molecule has 0 radical (unpaired) electrons. The molecular formula is C60H98O6. The van der Waals surface area contributed by atoms with Crippen LogP contribution in [0.25, 0.3) is 0 Å². The number of carbonyl (C=O) groups excluding carboxylic acids is 3. The second kappa shape index (κ2) is 53.7. The van der Waals surface area contributed by atoms with Gasteiger partial charge in [-0.1, -0.05) is 220 Å². The standard InChI is InChI=1S/C60H98O6/c1-4-7-10-13-16-19-21-23-24-25-26-27-28-29-30-31-32-33-34-35-36-38-39-41-44-47-50-53-59(62)65-56-57(55-64-58(61)52-49-46-43-18-15-12-9-6-3)66-60(63)54-51-48-45-42-40-37-22-20-17-14-11-8-5-2/h7,10-11,14,16,19-20,22-24,26-27,29-30,32-33,35-36,57H,4-6,8-9,12-13,15,17-18,21,25,28,31,34,37-56H2,1-3H3/b10-7-,14-11-,19-16-,22-20-,24-23-,27-26-,30-29-,33-32-,36-35-. The lowest BCUT2D eigenvalue weighted by molar-refractivity contribution is -0.167. The molecule has 0 heterocycles. The predicted molar refractivity (Wildman–Crippen MR) is 283 cm³/mol. The SMILES string of the molecule is CC/C=C\C/C=C\C/C=C\C/C=C\C/C=C\C/C=C\C/C=C\CCCCCCCC(=O)OCC(COC(=O)CCCCCCCCCC)OC(=O)CCCCCCC/C=C\C/C=C\CCC. The van der Waals surface area contributed by atoms with E-state index in [-0.39, 0.29) is 31.1 Å². The number of unbranched alkanes of at least 4 members (excludes halogenated alkanes) is 18. The summed E-state index contributed by atoms with van der Waals surface area (Å²) in [5.41, 5.74) is 0. The third-order valence-corrected chi connectivity index (χ3v) is 11.0. The fraction of sp³-hybridized carbons (Fsp3) is 0.650. The second-order valence-corrected chi connectivity index (χ2v) is 17.4. The maximum atomic E-state index is 12.8. The maximum absolute atomic E-state index is 12.8. The first-order valence-corrected chi connectivity index (χ1v) is 26.9. The Bertz CT molecular complexity index is 1370. The van der Waals surface area contributed by atoms with Crippen molar-refractivity contribution in [1.82, 2.24) is 0 Å². The molecule has 66 heavy (non-hydrogen) atoms. The van der Waals surface area contributed by atoms with Crippen LogP contribution in [0.2, 0.25) is 0 Å². The Morgan fingerprint density at radius 3 is 0.985 bits per heavy atom. The van der Waals surface area contributed by atoms with Gasteiger partial charge in [0.15, 0.2) is 6.10 Å². The molecule has 0 amide bonds. The largest absolute Gasteiger partial charge is 0.462 e. The number of esters is 3. The minimum Gasteiger partial charge on any atom is -0.462 e. The summed E-state index contributed by atoms with van der Waals surface area (Å²) in [4.78, 5) is 37.9. The highest BCUT2D eigenvalue weighted by Crippen LogP contribution is 2.13. The number of hydrogen-bond acceptors (Lipinski definition) is 6. The molecule has 0 saturated heterocycles. The van der Waals surface area contributed by atoms with Crippen LogP contribution in [0.5, 0.6) is 0 Å². The second-order valence-electron chi connectivity index (χ2n) is 17.4. The van der Waals surface area contributed by atoms with Crippen LogP contribution in [-0.2, 0) is 28.6 Å². The average molecular weight is 915 g/mol. The van der Waals surface area contributed by atoms with Gasteiger partial charge in [-0.15, -0.1) is 0 Å². The van der Waals surface area contributed by atoms with E-state index >= 15 is 0 Å². The topological polar surface area (TPSA) is 78.9 Å². The van der Waals surface area contributed by atoms with E-state index in [1.807, 2.05) is 0 Å². The van der Waals surface area contributed by atoms with Crippen LogP contribution in [0.4, 0.5) is 0 Å². The Balaban J connectivity index is 4.28. The first-order chi connectivity index (χ1) is 32.5. The van der Waals surface area contributed by atoms with Gasteiger partial charge in [0.2, 0.25) is 0 Å². The van der Waals surface area contributed by atoms with Crippen LogP contribution >= 0.6 is 0 Å². The Labute approximate surface area is 406 Å². The molecule has 0 aliphatic carbocycles. The molecule has 1 atom stereocenters. The number of allylic oxidation sites excluding steroid dienone is 18. The molecule has 0 rings (SSSR count). The zero-order valence-electron chi connectivity index (χ0n) is 42.7. The van der Waals surface area contributed by atoms with Gasteiger partial charge in [0.05, 0.1) is 0 Å². The fourth-order valence-corrected chi connectivity index (χ4v) is 6.99. The zero-order chi connectivity index (χ0) is 47.9. The van der Waals surface area contributed by atoms with E-state index in [1.54, 1.807) is 0 Å². The molecule has 0 aromatic carbocycles. The van der Waals surface area contributed by atoms with E-state index in [0.29, 0.717) is 19.3 Å². The summed E-state index contributed by atoms with van der Waals surface area (Å²) in [6.07, 6.45) is 72.3. The lowest BCUT2D eigenvalue weighted by Gasteiger charge is -2.18. The fourth-order valence-electron chi connectivity index (χ4n) is 6.99. The minimum atomic E-state index is -0.792. The van der Waals surface area contributed by atoms with Gasteiger partial charge in [-0.2, -0.15) is 0 Å². The van der Waals surface area contributed by atoms with Crippen molar-refractivity contribution in [3.8, 4) is 0 Å². The first-order valence-electron chi connectivity index (χ1n) is 26.9.